The Morgan fingerprint density at radius 2 is 1.70 bits per heavy atom. The Labute approximate surface area is 114 Å². The van der Waals surface area contributed by atoms with Crippen LogP contribution in [0, 0.1) is 23.0 Å². The first-order valence-electron chi connectivity index (χ1n) is 5.82. The molecular formula is C15H10F2N2O. The van der Waals surface area contributed by atoms with E-state index in [2.05, 4.69) is 5.32 Å². The summed E-state index contributed by atoms with van der Waals surface area (Å²) in [7, 11) is 0. The Hall–Kier alpha value is -2.74. The van der Waals surface area contributed by atoms with Crippen LogP contribution >= 0.6 is 0 Å². The molecule has 0 spiro atoms. The molecule has 100 valence electrons. The molecule has 5 heteroatoms. The number of hydrogen-bond donors (Lipinski definition) is 1. The Morgan fingerprint density at radius 1 is 1.10 bits per heavy atom. The minimum atomic E-state index is -0.687. The molecule has 0 aliphatic rings. The third-order valence-electron chi connectivity index (χ3n) is 2.65. The zero-order chi connectivity index (χ0) is 14.5. The Morgan fingerprint density at radius 3 is 2.25 bits per heavy atom. The topological polar surface area (TPSA) is 52.9 Å². The molecule has 20 heavy (non-hydrogen) atoms. The number of carbonyl (C=O) groups excluding carboxylic acids is 1. The van der Waals surface area contributed by atoms with Gasteiger partial charge in [-0.2, -0.15) is 5.26 Å². The van der Waals surface area contributed by atoms with Crippen molar-refractivity contribution in [1.82, 2.24) is 5.32 Å². The third kappa shape index (κ3) is 3.39. The monoisotopic (exact) mass is 272 g/mol. The van der Waals surface area contributed by atoms with E-state index in [-0.39, 0.29) is 12.5 Å². The van der Waals surface area contributed by atoms with Crippen LogP contribution in [-0.2, 0) is 6.54 Å². The normalized spacial score (nSPS) is 9.85. The van der Waals surface area contributed by atoms with Gasteiger partial charge < -0.3 is 5.32 Å². The first kappa shape index (κ1) is 13.7. The molecule has 0 bridgehead atoms. The summed E-state index contributed by atoms with van der Waals surface area (Å²) >= 11 is 0. The van der Waals surface area contributed by atoms with Gasteiger partial charge in [0.15, 0.2) is 0 Å². The maximum Gasteiger partial charge on any atom is 0.251 e. The van der Waals surface area contributed by atoms with Crippen molar-refractivity contribution in [3.8, 4) is 6.07 Å². The number of nitrogens with one attached hydrogen (secondary N) is 1. The molecule has 2 aromatic carbocycles. The van der Waals surface area contributed by atoms with Crippen molar-refractivity contribution in [3.05, 3.63) is 70.8 Å². The lowest BCUT2D eigenvalue weighted by Crippen LogP contribution is -2.22. The van der Waals surface area contributed by atoms with E-state index in [0.29, 0.717) is 16.7 Å². The third-order valence-corrected chi connectivity index (χ3v) is 2.65. The molecule has 1 amide bonds. The van der Waals surface area contributed by atoms with E-state index >= 15 is 0 Å². The highest BCUT2D eigenvalue weighted by molar-refractivity contribution is 5.94. The lowest BCUT2D eigenvalue weighted by molar-refractivity contribution is 0.0951. The highest BCUT2D eigenvalue weighted by Gasteiger charge is 2.06. The maximum atomic E-state index is 13.0. The highest BCUT2D eigenvalue weighted by atomic mass is 19.1. The second-order valence-corrected chi connectivity index (χ2v) is 4.15. The minimum absolute atomic E-state index is 0.0213. The van der Waals surface area contributed by atoms with Gasteiger partial charge in [0.25, 0.3) is 5.91 Å². The fourth-order valence-corrected chi connectivity index (χ4v) is 1.69. The van der Waals surface area contributed by atoms with Crippen LogP contribution in [0.25, 0.3) is 0 Å². The average Bonchev–Trinajstić information content (AvgIpc) is 2.44. The first-order chi connectivity index (χ1) is 9.58. The Balaban J connectivity index is 2.02. The van der Waals surface area contributed by atoms with Crippen molar-refractivity contribution in [3.63, 3.8) is 0 Å². The van der Waals surface area contributed by atoms with Crippen LogP contribution in [0.1, 0.15) is 21.5 Å². The maximum absolute atomic E-state index is 13.0. The zero-order valence-electron chi connectivity index (χ0n) is 10.4. The largest absolute Gasteiger partial charge is 0.348 e. The first-order valence-corrected chi connectivity index (χ1v) is 5.82. The predicted octanol–water partition coefficient (Wildman–Crippen LogP) is 2.77. The van der Waals surface area contributed by atoms with Crippen LogP contribution in [-0.4, -0.2) is 5.91 Å². The fourth-order valence-electron chi connectivity index (χ4n) is 1.69. The summed E-state index contributed by atoms with van der Waals surface area (Å²) in [6.07, 6.45) is 0. The summed E-state index contributed by atoms with van der Waals surface area (Å²) in [6, 6.07) is 11.1. The van der Waals surface area contributed by atoms with Gasteiger partial charge in [-0.15, -0.1) is 0 Å². The van der Waals surface area contributed by atoms with E-state index in [0.717, 1.165) is 18.2 Å². The van der Waals surface area contributed by atoms with Gasteiger partial charge in [0.05, 0.1) is 11.6 Å². The van der Waals surface area contributed by atoms with Crippen LogP contribution in [0.15, 0.2) is 42.5 Å². The summed E-state index contributed by atoms with van der Waals surface area (Å²) in [5.74, 6) is -1.75. The molecule has 2 rings (SSSR count). The van der Waals surface area contributed by atoms with Crippen LogP contribution in [0.4, 0.5) is 8.78 Å². The molecule has 1 N–H and O–H groups in total. The van der Waals surface area contributed by atoms with Gasteiger partial charge in [0, 0.05) is 18.2 Å². The summed E-state index contributed by atoms with van der Waals surface area (Å²) in [4.78, 5) is 11.8. The van der Waals surface area contributed by atoms with E-state index in [1.807, 2.05) is 6.07 Å². The van der Waals surface area contributed by atoms with Gasteiger partial charge in [-0.3, -0.25) is 4.79 Å². The molecule has 0 atom stereocenters. The second-order valence-electron chi connectivity index (χ2n) is 4.15. The molecule has 3 nitrogen and oxygen atoms in total. The molecule has 2 aromatic rings. The fraction of sp³-hybridized carbons (Fsp3) is 0.0667. The molecule has 0 heterocycles. The molecule has 0 radical (unpaired) electrons. The lowest BCUT2D eigenvalue weighted by atomic mass is 10.1. The Kier molecular flexibility index (Phi) is 4.06. The lowest BCUT2D eigenvalue weighted by Gasteiger charge is -2.06. The van der Waals surface area contributed by atoms with Gasteiger partial charge in [0.1, 0.15) is 11.6 Å². The quantitative estimate of drug-likeness (QED) is 0.934. The molecule has 0 aliphatic carbocycles. The van der Waals surface area contributed by atoms with Crippen molar-refractivity contribution in [1.29, 1.82) is 5.26 Å². The van der Waals surface area contributed by atoms with Gasteiger partial charge in [-0.1, -0.05) is 0 Å². The van der Waals surface area contributed by atoms with Crippen LogP contribution in [0.3, 0.4) is 0 Å². The number of nitriles is 1. The zero-order valence-corrected chi connectivity index (χ0v) is 10.4. The van der Waals surface area contributed by atoms with Crippen molar-refractivity contribution in [2.75, 3.05) is 0 Å². The molecule has 0 unspecified atom stereocenters. The predicted molar refractivity (Wildman–Crippen MR) is 68.7 cm³/mol. The summed E-state index contributed by atoms with van der Waals surface area (Å²) in [5, 5.41) is 11.2. The Bertz CT molecular complexity index is 655. The van der Waals surface area contributed by atoms with Gasteiger partial charge >= 0.3 is 0 Å². The molecule has 0 saturated heterocycles. The van der Waals surface area contributed by atoms with Crippen LogP contribution in [0.5, 0.6) is 0 Å². The van der Waals surface area contributed by atoms with Crippen LogP contribution < -0.4 is 5.32 Å². The molecule has 0 aliphatic heterocycles. The van der Waals surface area contributed by atoms with Gasteiger partial charge in [-0.05, 0) is 42.0 Å². The minimum Gasteiger partial charge on any atom is -0.348 e. The number of amides is 1. The average molecular weight is 272 g/mol. The number of benzene rings is 2. The van der Waals surface area contributed by atoms with Crippen molar-refractivity contribution in [2.45, 2.75) is 6.54 Å². The van der Waals surface area contributed by atoms with Gasteiger partial charge in [0.2, 0.25) is 0 Å². The number of halogens is 2. The smallest absolute Gasteiger partial charge is 0.251 e. The van der Waals surface area contributed by atoms with Crippen LogP contribution in [0.2, 0.25) is 0 Å². The standard InChI is InChI=1S/C15H10F2N2O/c16-13-5-11(6-14(17)7-13)9-19-15(20)12-3-1-10(8-18)2-4-12/h1-7H,9H2,(H,19,20). The number of hydrogen-bond acceptors (Lipinski definition) is 2. The molecule has 0 aromatic heterocycles. The number of nitrogens with zero attached hydrogens (tertiary/aromatic N) is 1. The molecular weight excluding hydrogens is 262 g/mol. The second kappa shape index (κ2) is 5.93. The SMILES string of the molecule is N#Cc1ccc(C(=O)NCc2cc(F)cc(F)c2)cc1. The van der Waals surface area contributed by atoms with E-state index < -0.39 is 11.6 Å². The summed E-state index contributed by atoms with van der Waals surface area (Å²) in [6.45, 7) is 0.0213. The summed E-state index contributed by atoms with van der Waals surface area (Å²) in [5.41, 5.74) is 1.17. The van der Waals surface area contributed by atoms with Crippen molar-refractivity contribution in [2.24, 2.45) is 0 Å². The van der Waals surface area contributed by atoms with Crippen molar-refractivity contribution >= 4 is 5.91 Å². The highest BCUT2D eigenvalue weighted by Crippen LogP contribution is 2.08. The number of carbonyl (C=O) groups is 1. The summed E-state index contributed by atoms with van der Waals surface area (Å²) < 4.78 is 26.0. The van der Waals surface area contributed by atoms with Crippen molar-refractivity contribution < 1.29 is 13.6 Å². The van der Waals surface area contributed by atoms with E-state index in [1.54, 1.807) is 0 Å². The molecule has 0 fully saturated rings. The van der Waals surface area contributed by atoms with E-state index in [9.17, 15) is 13.6 Å². The van der Waals surface area contributed by atoms with E-state index in [4.69, 9.17) is 5.26 Å². The molecule has 0 saturated carbocycles. The number of rotatable bonds is 3. The van der Waals surface area contributed by atoms with E-state index in [1.165, 1.54) is 24.3 Å². The van der Waals surface area contributed by atoms with Gasteiger partial charge in [-0.25, -0.2) is 8.78 Å².